The summed E-state index contributed by atoms with van der Waals surface area (Å²) in [6.45, 7) is 0. The zero-order chi connectivity index (χ0) is 25.0. The molecule has 3 rings (SSSR count). The molecule has 1 atom stereocenters. The fourth-order valence-corrected chi connectivity index (χ4v) is 4.64. The molecule has 0 spiro atoms. The minimum atomic E-state index is -4.68. The largest absolute Gasteiger partial charge is 0.495 e. The van der Waals surface area contributed by atoms with E-state index in [1.165, 1.54) is 13.2 Å². The van der Waals surface area contributed by atoms with Crippen LogP contribution in [0.15, 0.2) is 47.0 Å². The maximum atomic E-state index is 13.0. The number of hydrogen-bond acceptors (Lipinski definition) is 5. The second-order valence-electron chi connectivity index (χ2n) is 7.08. The number of nitrogens with zero attached hydrogens (tertiary/aromatic N) is 1. The third-order valence-corrected chi connectivity index (χ3v) is 6.48. The SMILES string of the molecule is COc1ccc([C@@H]2CC(=O)NC(SCC(=O)Nc3ccc(Cl)c(C(F)(F)F)c3)=C2C#N)cc1Cl. The van der Waals surface area contributed by atoms with Crippen LogP contribution < -0.4 is 15.4 Å². The van der Waals surface area contributed by atoms with E-state index in [2.05, 4.69) is 16.7 Å². The molecular weight excluding hydrogens is 514 g/mol. The van der Waals surface area contributed by atoms with E-state index in [1.807, 2.05) is 0 Å². The molecule has 0 radical (unpaired) electrons. The van der Waals surface area contributed by atoms with Gasteiger partial charge in [-0.3, -0.25) is 9.59 Å². The Hall–Kier alpha value is -2.87. The van der Waals surface area contributed by atoms with Crippen molar-refractivity contribution in [1.29, 1.82) is 5.26 Å². The summed E-state index contributed by atoms with van der Waals surface area (Å²) in [5.41, 5.74) is -0.296. The second-order valence-corrected chi connectivity index (χ2v) is 8.88. The van der Waals surface area contributed by atoms with E-state index in [1.54, 1.807) is 18.2 Å². The second kappa shape index (κ2) is 10.6. The van der Waals surface area contributed by atoms with E-state index >= 15 is 0 Å². The molecule has 2 aromatic rings. The van der Waals surface area contributed by atoms with Gasteiger partial charge in [-0.25, -0.2) is 0 Å². The number of ether oxygens (including phenoxy) is 1. The quantitative estimate of drug-likeness (QED) is 0.498. The monoisotopic (exact) mass is 529 g/mol. The van der Waals surface area contributed by atoms with Crippen LogP contribution in [0.1, 0.15) is 23.5 Å². The number of nitrogens with one attached hydrogen (secondary N) is 2. The van der Waals surface area contributed by atoms with E-state index < -0.39 is 28.6 Å². The molecule has 0 aromatic heterocycles. The average Bonchev–Trinajstić information content (AvgIpc) is 2.77. The Morgan fingerprint density at radius 2 is 2.00 bits per heavy atom. The smallest absolute Gasteiger partial charge is 0.417 e. The van der Waals surface area contributed by atoms with Gasteiger partial charge in [-0.15, -0.1) is 0 Å². The number of benzene rings is 2. The number of hydrogen-bond donors (Lipinski definition) is 2. The van der Waals surface area contributed by atoms with Gasteiger partial charge in [0.1, 0.15) is 5.75 Å². The van der Waals surface area contributed by atoms with Gasteiger partial charge in [-0.05, 0) is 35.9 Å². The zero-order valence-corrected chi connectivity index (χ0v) is 19.8. The van der Waals surface area contributed by atoms with Crippen LogP contribution in [-0.4, -0.2) is 24.7 Å². The normalized spacial score (nSPS) is 16.0. The molecule has 2 N–H and O–H groups in total. The molecule has 0 fully saturated rings. The Morgan fingerprint density at radius 1 is 1.26 bits per heavy atom. The third kappa shape index (κ3) is 5.97. The molecule has 1 heterocycles. The third-order valence-electron chi connectivity index (χ3n) is 4.84. The van der Waals surface area contributed by atoms with E-state index in [9.17, 15) is 28.0 Å². The summed E-state index contributed by atoms with van der Waals surface area (Å²) in [5.74, 6) is -1.39. The van der Waals surface area contributed by atoms with Crippen molar-refractivity contribution >= 4 is 52.5 Å². The molecule has 2 amide bonds. The van der Waals surface area contributed by atoms with E-state index in [-0.39, 0.29) is 34.4 Å². The number of amides is 2. The lowest BCUT2D eigenvalue weighted by Crippen LogP contribution is -2.31. The van der Waals surface area contributed by atoms with Crippen LogP contribution in [0.2, 0.25) is 10.0 Å². The van der Waals surface area contributed by atoms with Crippen LogP contribution in [0.5, 0.6) is 5.75 Å². The molecule has 2 aromatic carbocycles. The first-order valence-electron chi connectivity index (χ1n) is 9.60. The molecular formula is C22H16Cl2F3N3O3S. The summed E-state index contributed by atoms with van der Waals surface area (Å²) in [6, 6.07) is 10.0. The van der Waals surface area contributed by atoms with Crippen LogP contribution >= 0.6 is 35.0 Å². The topological polar surface area (TPSA) is 91.2 Å². The van der Waals surface area contributed by atoms with Crippen LogP contribution in [-0.2, 0) is 15.8 Å². The van der Waals surface area contributed by atoms with Gasteiger partial charge in [-0.1, -0.05) is 41.0 Å². The van der Waals surface area contributed by atoms with E-state index in [0.29, 0.717) is 16.3 Å². The van der Waals surface area contributed by atoms with Crippen LogP contribution in [0.3, 0.4) is 0 Å². The summed E-state index contributed by atoms with van der Waals surface area (Å²) < 4.78 is 44.2. The molecule has 1 aliphatic rings. The van der Waals surface area contributed by atoms with Crippen molar-refractivity contribution in [1.82, 2.24) is 5.32 Å². The fourth-order valence-electron chi connectivity index (χ4n) is 3.27. The van der Waals surface area contributed by atoms with Gasteiger partial charge >= 0.3 is 6.18 Å². The summed E-state index contributed by atoms with van der Waals surface area (Å²) in [7, 11) is 1.46. The van der Waals surface area contributed by atoms with Gasteiger partial charge in [0.15, 0.2) is 0 Å². The molecule has 0 unspecified atom stereocenters. The van der Waals surface area contributed by atoms with Crippen molar-refractivity contribution in [3.05, 3.63) is 68.2 Å². The Labute approximate surface area is 207 Å². The molecule has 178 valence electrons. The molecule has 1 aliphatic heterocycles. The highest BCUT2D eigenvalue weighted by Gasteiger charge is 2.34. The Balaban J connectivity index is 1.77. The summed E-state index contributed by atoms with van der Waals surface area (Å²) in [6.07, 6.45) is -4.67. The van der Waals surface area contributed by atoms with Crippen LogP contribution in [0.4, 0.5) is 18.9 Å². The lowest BCUT2D eigenvalue weighted by atomic mass is 9.87. The van der Waals surface area contributed by atoms with Gasteiger partial charge in [-0.2, -0.15) is 18.4 Å². The molecule has 0 bridgehead atoms. The van der Waals surface area contributed by atoms with Crippen LogP contribution in [0, 0.1) is 11.3 Å². The standard InChI is InChI=1S/C22H16Cl2F3N3O3S/c1-33-18-5-2-11(6-17(18)24)13-8-19(31)30-21(14(13)9-28)34-10-20(32)29-12-3-4-16(23)15(7-12)22(25,26)27/h2-7,13H,8,10H2,1H3,(H,29,32)(H,30,31)/t13-/m0/s1. The molecule has 0 aliphatic carbocycles. The minimum absolute atomic E-state index is 0.00675. The first-order valence-corrected chi connectivity index (χ1v) is 11.3. The number of methoxy groups -OCH3 is 1. The molecule has 0 saturated heterocycles. The highest BCUT2D eigenvalue weighted by atomic mass is 35.5. The number of allylic oxidation sites excluding steroid dienone is 1. The molecule has 6 nitrogen and oxygen atoms in total. The van der Waals surface area contributed by atoms with Crippen molar-refractivity contribution in [2.45, 2.75) is 18.5 Å². The Bertz CT molecular complexity index is 1210. The lowest BCUT2D eigenvalue weighted by Gasteiger charge is -2.25. The highest BCUT2D eigenvalue weighted by Crippen LogP contribution is 2.39. The van der Waals surface area contributed by atoms with Crippen molar-refractivity contribution in [3.8, 4) is 11.8 Å². The van der Waals surface area contributed by atoms with Crippen molar-refractivity contribution in [3.63, 3.8) is 0 Å². The van der Waals surface area contributed by atoms with Gasteiger partial charge in [0.05, 0.1) is 45.1 Å². The van der Waals surface area contributed by atoms with Crippen molar-refractivity contribution < 1.29 is 27.5 Å². The van der Waals surface area contributed by atoms with Gasteiger partial charge < -0.3 is 15.4 Å². The number of carbonyl (C=O) groups excluding carboxylic acids is 2. The van der Waals surface area contributed by atoms with E-state index in [4.69, 9.17) is 27.9 Å². The summed E-state index contributed by atoms with van der Waals surface area (Å²) in [4.78, 5) is 24.6. The van der Waals surface area contributed by atoms with Crippen LogP contribution in [0.25, 0.3) is 0 Å². The number of halogens is 5. The number of alkyl halides is 3. The number of thioether (sulfide) groups is 1. The van der Waals surface area contributed by atoms with Crippen molar-refractivity contribution in [2.75, 3.05) is 18.2 Å². The maximum Gasteiger partial charge on any atom is 0.417 e. The first-order chi connectivity index (χ1) is 16.0. The van der Waals surface area contributed by atoms with Gasteiger partial charge in [0.2, 0.25) is 11.8 Å². The predicted molar refractivity (Wildman–Crippen MR) is 124 cm³/mol. The van der Waals surface area contributed by atoms with Gasteiger partial charge in [0, 0.05) is 18.0 Å². The maximum absolute atomic E-state index is 13.0. The molecule has 12 heteroatoms. The number of carbonyl (C=O) groups is 2. The number of anilines is 1. The van der Waals surface area contributed by atoms with Crippen molar-refractivity contribution in [2.24, 2.45) is 0 Å². The summed E-state index contributed by atoms with van der Waals surface area (Å²) >= 11 is 12.7. The number of nitriles is 1. The van der Waals surface area contributed by atoms with E-state index in [0.717, 1.165) is 23.9 Å². The van der Waals surface area contributed by atoms with Gasteiger partial charge in [0.25, 0.3) is 0 Å². The first kappa shape index (κ1) is 25.7. The average molecular weight is 530 g/mol. The molecule has 34 heavy (non-hydrogen) atoms. The predicted octanol–water partition coefficient (Wildman–Crippen LogP) is 5.73. The lowest BCUT2D eigenvalue weighted by molar-refractivity contribution is -0.137. The Morgan fingerprint density at radius 3 is 2.62 bits per heavy atom. The summed E-state index contributed by atoms with van der Waals surface area (Å²) in [5, 5.41) is 14.7. The zero-order valence-electron chi connectivity index (χ0n) is 17.4. The number of rotatable bonds is 6. The Kier molecular flexibility index (Phi) is 8.02. The fraction of sp³-hybridized carbons (Fsp3) is 0.227. The minimum Gasteiger partial charge on any atom is -0.495 e. The molecule has 0 saturated carbocycles. The highest BCUT2D eigenvalue weighted by molar-refractivity contribution is 8.03.